The maximum Gasteiger partial charge on any atom is 0.258 e. The Morgan fingerprint density at radius 3 is 2.26 bits per heavy atom. The van der Waals surface area contributed by atoms with Crippen LogP contribution in [0.2, 0.25) is 0 Å². The number of hydrogen-bond donors (Lipinski definition) is 1. The number of carbonyl (C=O) groups is 2. The first-order valence-electron chi connectivity index (χ1n) is 9.32. The third kappa shape index (κ3) is 4.55. The molecular formula is C22H26N2O3. The van der Waals surface area contributed by atoms with E-state index in [-0.39, 0.29) is 17.9 Å². The minimum Gasteiger partial charge on any atom is -0.381 e. The van der Waals surface area contributed by atoms with Crippen molar-refractivity contribution in [3.63, 3.8) is 0 Å². The lowest BCUT2D eigenvalue weighted by Crippen LogP contribution is -2.43. The minimum atomic E-state index is -0.116. The minimum absolute atomic E-state index is 0.00252. The number of amides is 2. The van der Waals surface area contributed by atoms with Crippen LogP contribution in [0.15, 0.2) is 42.5 Å². The number of nitrogens with zero attached hydrogens (tertiary/aromatic N) is 1. The van der Waals surface area contributed by atoms with Crippen molar-refractivity contribution >= 4 is 23.2 Å². The lowest BCUT2D eigenvalue weighted by Gasteiger charge is -2.34. The summed E-state index contributed by atoms with van der Waals surface area (Å²) >= 11 is 0. The van der Waals surface area contributed by atoms with Gasteiger partial charge in [0.2, 0.25) is 5.91 Å². The standard InChI is InChI=1S/C22H26N2O3/c1-15-4-5-18(14-16(15)2)22(26)24(21-10-12-27-13-11-21)20-8-6-19(7-9-20)23-17(3)25/h4-9,14,21H,10-13H2,1-3H3,(H,23,25). The molecule has 0 atom stereocenters. The van der Waals surface area contributed by atoms with E-state index >= 15 is 0 Å². The molecule has 0 radical (unpaired) electrons. The van der Waals surface area contributed by atoms with Crippen LogP contribution in [0.1, 0.15) is 41.3 Å². The van der Waals surface area contributed by atoms with Gasteiger partial charge in [-0.05, 0) is 74.2 Å². The Hall–Kier alpha value is -2.66. The fourth-order valence-corrected chi connectivity index (χ4v) is 3.36. The molecule has 1 heterocycles. The van der Waals surface area contributed by atoms with Crippen LogP contribution in [0.25, 0.3) is 0 Å². The van der Waals surface area contributed by atoms with Crippen molar-refractivity contribution in [2.24, 2.45) is 0 Å². The SMILES string of the molecule is CC(=O)Nc1ccc(N(C(=O)c2ccc(C)c(C)c2)C2CCOCC2)cc1. The molecule has 0 saturated carbocycles. The van der Waals surface area contributed by atoms with E-state index in [0.717, 1.165) is 29.8 Å². The molecule has 0 spiro atoms. The fraction of sp³-hybridized carbons (Fsp3) is 0.364. The van der Waals surface area contributed by atoms with Crippen LogP contribution in [-0.4, -0.2) is 31.1 Å². The van der Waals surface area contributed by atoms with Crippen molar-refractivity contribution in [3.8, 4) is 0 Å². The van der Waals surface area contributed by atoms with E-state index in [2.05, 4.69) is 5.32 Å². The molecule has 2 aromatic rings. The zero-order chi connectivity index (χ0) is 19.4. The van der Waals surface area contributed by atoms with Crippen LogP contribution in [0.3, 0.4) is 0 Å². The maximum atomic E-state index is 13.4. The van der Waals surface area contributed by atoms with E-state index in [1.807, 2.05) is 61.2 Å². The number of aryl methyl sites for hydroxylation is 2. The third-order valence-corrected chi connectivity index (χ3v) is 4.99. The quantitative estimate of drug-likeness (QED) is 0.887. The van der Waals surface area contributed by atoms with Crippen LogP contribution >= 0.6 is 0 Å². The molecule has 0 bridgehead atoms. The summed E-state index contributed by atoms with van der Waals surface area (Å²) in [5.41, 5.74) is 4.52. The number of anilines is 2. The lowest BCUT2D eigenvalue weighted by atomic mass is 10.0. The highest BCUT2D eigenvalue weighted by Gasteiger charge is 2.28. The van der Waals surface area contributed by atoms with Gasteiger partial charge in [-0.25, -0.2) is 0 Å². The molecule has 2 amide bonds. The second-order valence-corrected chi connectivity index (χ2v) is 7.05. The Bertz CT molecular complexity index is 824. The summed E-state index contributed by atoms with van der Waals surface area (Å²) in [4.78, 5) is 26.5. The molecule has 1 aliphatic heterocycles. The highest BCUT2D eigenvalue weighted by atomic mass is 16.5. The number of hydrogen-bond acceptors (Lipinski definition) is 3. The van der Waals surface area contributed by atoms with Crippen LogP contribution in [-0.2, 0) is 9.53 Å². The first kappa shape index (κ1) is 19.1. The van der Waals surface area contributed by atoms with E-state index < -0.39 is 0 Å². The summed E-state index contributed by atoms with van der Waals surface area (Å²) in [7, 11) is 0. The van der Waals surface area contributed by atoms with Gasteiger partial charge in [-0.15, -0.1) is 0 Å². The van der Waals surface area contributed by atoms with Gasteiger partial charge in [-0.3, -0.25) is 9.59 Å². The van der Waals surface area contributed by atoms with Crippen molar-refractivity contribution in [3.05, 3.63) is 59.2 Å². The lowest BCUT2D eigenvalue weighted by molar-refractivity contribution is -0.114. The molecule has 5 nitrogen and oxygen atoms in total. The molecule has 1 aliphatic rings. The highest BCUT2D eigenvalue weighted by molar-refractivity contribution is 6.06. The average Bonchev–Trinajstić information content (AvgIpc) is 2.66. The molecule has 27 heavy (non-hydrogen) atoms. The number of carbonyl (C=O) groups excluding carboxylic acids is 2. The molecule has 0 aliphatic carbocycles. The Balaban J connectivity index is 1.93. The van der Waals surface area contributed by atoms with Crippen LogP contribution in [0.5, 0.6) is 0 Å². The van der Waals surface area contributed by atoms with E-state index in [1.165, 1.54) is 12.5 Å². The van der Waals surface area contributed by atoms with Crippen molar-refractivity contribution in [1.82, 2.24) is 0 Å². The molecule has 1 N–H and O–H groups in total. The van der Waals surface area contributed by atoms with Gasteiger partial charge in [0.05, 0.1) is 0 Å². The van der Waals surface area contributed by atoms with Crippen LogP contribution in [0.4, 0.5) is 11.4 Å². The van der Waals surface area contributed by atoms with Gasteiger partial charge < -0.3 is 15.0 Å². The molecular weight excluding hydrogens is 340 g/mol. The Labute approximate surface area is 160 Å². The summed E-state index contributed by atoms with van der Waals surface area (Å²) in [5, 5.41) is 2.76. The normalized spacial score (nSPS) is 14.6. The van der Waals surface area contributed by atoms with Gasteiger partial charge >= 0.3 is 0 Å². The molecule has 1 saturated heterocycles. The second-order valence-electron chi connectivity index (χ2n) is 7.05. The van der Waals surface area contributed by atoms with E-state index in [0.29, 0.717) is 18.8 Å². The number of benzene rings is 2. The highest BCUT2D eigenvalue weighted by Crippen LogP contribution is 2.27. The van der Waals surface area contributed by atoms with Gasteiger partial charge in [0.15, 0.2) is 0 Å². The fourth-order valence-electron chi connectivity index (χ4n) is 3.36. The summed E-state index contributed by atoms with van der Waals surface area (Å²) in [6, 6.07) is 13.4. The Kier molecular flexibility index (Phi) is 5.91. The van der Waals surface area contributed by atoms with E-state index in [9.17, 15) is 9.59 Å². The predicted molar refractivity (Wildman–Crippen MR) is 107 cm³/mol. The van der Waals surface area contributed by atoms with Crippen LogP contribution in [0, 0.1) is 13.8 Å². The number of nitrogens with one attached hydrogen (secondary N) is 1. The predicted octanol–water partition coefficient (Wildman–Crippen LogP) is 4.09. The van der Waals surface area contributed by atoms with Crippen LogP contribution < -0.4 is 10.2 Å². The summed E-state index contributed by atoms with van der Waals surface area (Å²) in [6.45, 7) is 6.86. The maximum absolute atomic E-state index is 13.4. The molecule has 0 unspecified atom stereocenters. The zero-order valence-corrected chi connectivity index (χ0v) is 16.1. The average molecular weight is 366 g/mol. The number of ether oxygens (including phenoxy) is 1. The summed E-state index contributed by atoms with van der Waals surface area (Å²) in [5.74, 6) is -0.118. The van der Waals surface area contributed by atoms with E-state index in [1.54, 1.807) is 0 Å². The van der Waals surface area contributed by atoms with Gasteiger partial charge in [-0.1, -0.05) is 6.07 Å². The van der Waals surface area contributed by atoms with Gasteiger partial charge in [0, 0.05) is 43.1 Å². The smallest absolute Gasteiger partial charge is 0.258 e. The topological polar surface area (TPSA) is 58.6 Å². The largest absolute Gasteiger partial charge is 0.381 e. The van der Waals surface area contributed by atoms with Crippen molar-refractivity contribution in [2.45, 2.75) is 39.7 Å². The molecule has 5 heteroatoms. The van der Waals surface area contributed by atoms with Gasteiger partial charge in [0.1, 0.15) is 0 Å². The molecule has 142 valence electrons. The molecule has 0 aromatic heterocycles. The number of rotatable bonds is 4. The summed E-state index contributed by atoms with van der Waals surface area (Å²) < 4.78 is 5.48. The van der Waals surface area contributed by atoms with E-state index in [4.69, 9.17) is 4.74 Å². The Morgan fingerprint density at radius 1 is 1.00 bits per heavy atom. The third-order valence-electron chi connectivity index (χ3n) is 4.99. The first-order chi connectivity index (χ1) is 13.0. The monoisotopic (exact) mass is 366 g/mol. The molecule has 1 fully saturated rings. The first-order valence-corrected chi connectivity index (χ1v) is 9.32. The second kappa shape index (κ2) is 8.35. The van der Waals surface area contributed by atoms with Gasteiger partial charge in [-0.2, -0.15) is 0 Å². The van der Waals surface area contributed by atoms with Gasteiger partial charge in [0.25, 0.3) is 5.91 Å². The summed E-state index contributed by atoms with van der Waals surface area (Å²) in [6.07, 6.45) is 1.62. The molecule has 3 rings (SSSR count). The zero-order valence-electron chi connectivity index (χ0n) is 16.1. The van der Waals surface area contributed by atoms with Crippen molar-refractivity contribution < 1.29 is 14.3 Å². The van der Waals surface area contributed by atoms with Crippen molar-refractivity contribution in [2.75, 3.05) is 23.4 Å². The Morgan fingerprint density at radius 2 is 1.67 bits per heavy atom. The van der Waals surface area contributed by atoms with Crippen molar-refractivity contribution in [1.29, 1.82) is 0 Å². The molecule has 2 aromatic carbocycles.